The number of aliphatic hydroxyl groups excluding tert-OH is 1. The standard InChI is InChI=1S/C10H21NO3S/c1-3-4-10(2,5-6-12)15-7-8(11)9(13)14/h8,12H,3-7,11H2,1-2H3,(H,13,14)/t8-,10?/m0/s1. The summed E-state index contributed by atoms with van der Waals surface area (Å²) in [6.07, 6.45) is 2.66. The molecule has 2 atom stereocenters. The molecule has 0 radical (unpaired) electrons. The Morgan fingerprint density at radius 3 is 2.53 bits per heavy atom. The van der Waals surface area contributed by atoms with Crippen molar-refractivity contribution in [2.45, 2.75) is 43.9 Å². The van der Waals surface area contributed by atoms with Crippen molar-refractivity contribution in [3.05, 3.63) is 0 Å². The Kier molecular flexibility index (Phi) is 6.96. The summed E-state index contributed by atoms with van der Waals surface area (Å²) >= 11 is 1.54. The summed E-state index contributed by atoms with van der Waals surface area (Å²) in [6.45, 7) is 4.26. The Balaban J connectivity index is 4.11. The molecule has 15 heavy (non-hydrogen) atoms. The topological polar surface area (TPSA) is 83.5 Å². The summed E-state index contributed by atoms with van der Waals surface area (Å²) in [7, 11) is 0. The van der Waals surface area contributed by atoms with Crippen molar-refractivity contribution in [2.24, 2.45) is 5.73 Å². The number of carboxylic acids is 1. The van der Waals surface area contributed by atoms with E-state index in [4.69, 9.17) is 15.9 Å². The van der Waals surface area contributed by atoms with Crippen molar-refractivity contribution in [3.63, 3.8) is 0 Å². The highest BCUT2D eigenvalue weighted by Gasteiger charge is 2.25. The van der Waals surface area contributed by atoms with Gasteiger partial charge < -0.3 is 15.9 Å². The zero-order valence-corrected chi connectivity index (χ0v) is 10.2. The van der Waals surface area contributed by atoms with Gasteiger partial charge in [-0.15, -0.1) is 0 Å². The van der Waals surface area contributed by atoms with Gasteiger partial charge in [0.1, 0.15) is 6.04 Å². The average molecular weight is 235 g/mol. The quantitative estimate of drug-likeness (QED) is 0.586. The van der Waals surface area contributed by atoms with Crippen molar-refractivity contribution in [1.29, 1.82) is 0 Å². The Hall–Kier alpha value is -0.260. The molecule has 0 bridgehead atoms. The molecule has 0 spiro atoms. The van der Waals surface area contributed by atoms with Crippen LogP contribution in [0.5, 0.6) is 0 Å². The van der Waals surface area contributed by atoms with Crippen molar-refractivity contribution in [2.75, 3.05) is 12.4 Å². The lowest BCUT2D eigenvalue weighted by atomic mass is 10.0. The first-order chi connectivity index (χ1) is 6.95. The van der Waals surface area contributed by atoms with E-state index in [-0.39, 0.29) is 11.4 Å². The fourth-order valence-electron chi connectivity index (χ4n) is 1.40. The van der Waals surface area contributed by atoms with Gasteiger partial charge in [0.05, 0.1) is 0 Å². The van der Waals surface area contributed by atoms with Gasteiger partial charge >= 0.3 is 5.97 Å². The van der Waals surface area contributed by atoms with E-state index in [1.165, 1.54) is 0 Å². The molecule has 1 unspecified atom stereocenters. The smallest absolute Gasteiger partial charge is 0.321 e. The van der Waals surface area contributed by atoms with Gasteiger partial charge in [-0.2, -0.15) is 11.8 Å². The molecule has 0 rings (SSSR count). The van der Waals surface area contributed by atoms with Gasteiger partial charge in [0, 0.05) is 17.1 Å². The molecule has 0 saturated carbocycles. The van der Waals surface area contributed by atoms with E-state index in [2.05, 4.69) is 6.92 Å². The van der Waals surface area contributed by atoms with E-state index < -0.39 is 12.0 Å². The number of carbonyl (C=O) groups is 1. The predicted octanol–water partition coefficient (Wildman–Crippen LogP) is 1.07. The van der Waals surface area contributed by atoms with Gasteiger partial charge in [-0.25, -0.2) is 0 Å². The fraction of sp³-hybridized carbons (Fsp3) is 0.900. The van der Waals surface area contributed by atoms with Crippen LogP contribution in [-0.4, -0.2) is 39.3 Å². The van der Waals surface area contributed by atoms with E-state index >= 15 is 0 Å². The minimum Gasteiger partial charge on any atom is -0.480 e. The highest BCUT2D eigenvalue weighted by molar-refractivity contribution is 8.00. The van der Waals surface area contributed by atoms with Crippen LogP contribution in [0.25, 0.3) is 0 Å². The fourth-order valence-corrected chi connectivity index (χ4v) is 2.71. The SMILES string of the molecule is CCCC(C)(CCO)SC[C@H](N)C(=O)O. The molecular weight excluding hydrogens is 214 g/mol. The van der Waals surface area contributed by atoms with Crippen LogP contribution < -0.4 is 5.73 Å². The summed E-state index contributed by atoms with van der Waals surface area (Å²) in [4.78, 5) is 10.5. The van der Waals surface area contributed by atoms with E-state index in [9.17, 15) is 4.79 Å². The van der Waals surface area contributed by atoms with E-state index in [0.717, 1.165) is 12.8 Å². The number of nitrogens with two attached hydrogens (primary N) is 1. The molecule has 0 amide bonds. The van der Waals surface area contributed by atoms with Crippen LogP contribution >= 0.6 is 11.8 Å². The zero-order valence-electron chi connectivity index (χ0n) is 9.40. The van der Waals surface area contributed by atoms with Crippen molar-refractivity contribution in [1.82, 2.24) is 0 Å². The third kappa shape index (κ3) is 6.02. The molecule has 0 aromatic carbocycles. The Labute approximate surface area is 95.2 Å². The number of aliphatic hydroxyl groups is 1. The van der Waals surface area contributed by atoms with Crippen LogP contribution in [0.4, 0.5) is 0 Å². The second-order valence-corrected chi connectivity index (χ2v) is 5.54. The van der Waals surface area contributed by atoms with Crippen LogP contribution in [0, 0.1) is 0 Å². The monoisotopic (exact) mass is 235 g/mol. The van der Waals surface area contributed by atoms with E-state index in [0.29, 0.717) is 12.2 Å². The molecule has 0 aromatic heterocycles. The molecule has 90 valence electrons. The van der Waals surface area contributed by atoms with Crippen LogP contribution in [0.3, 0.4) is 0 Å². The maximum absolute atomic E-state index is 10.5. The highest BCUT2D eigenvalue weighted by Crippen LogP contribution is 2.33. The lowest BCUT2D eigenvalue weighted by molar-refractivity contribution is -0.137. The number of carboxylic acid groups (broad SMARTS) is 1. The minimum absolute atomic E-state index is 0.0590. The lowest BCUT2D eigenvalue weighted by Crippen LogP contribution is -2.35. The van der Waals surface area contributed by atoms with Crippen LogP contribution in [0.2, 0.25) is 0 Å². The minimum atomic E-state index is -0.967. The number of aliphatic carboxylic acids is 1. The molecule has 0 saturated heterocycles. The molecule has 0 aliphatic heterocycles. The van der Waals surface area contributed by atoms with Gasteiger partial charge in [0.15, 0.2) is 0 Å². The van der Waals surface area contributed by atoms with E-state index in [1.807, 2.05) is 6.92 Å². The maximum atomic E-state index is 10.5. The Morgan fingerprint density at radius 2 is 2.13 bits per heavy atom. The predicted molar refractivity (Wildman–Crippen MR) is 63.1 cm³/mol. The zero-order chi connectivity index (χ0) is 11.9. The van der Waals surface area contributed by atoms with Crippen molar-refractivity contribution in [3.8, 4) is 0 Å². The first kappa shape index (κ1) is 14.7. The maximum Gasteiger partial charge on any atom is 0.321 e. The highest BCUT2D eigenvalue weighted by atomic mass is 32.2. The second kappa shape index (κ2) is 7.09. The van der Waals surface area contributed by atoms with Gasteiger partial charge in [0.2, 0.25) is 0 Å². The number of rotatable bonds is 8. The summed E-state index contributed by atoms with van der Waals surface area (Å²) in [5.41, 5.74) is 5.43. The first-order valence-corrected chi connectivity index (χ1v) is 6.17. The normalized spacial score (nSPS) is 17.1. The number of hydrogen-bond acceptors (Lipinski definition) is 4. The van der Waals surface area contributed by atoms with Crippen molar-refractivity contribution < 1.29 is 15.0 Å². The lowest BCUT2D eigenvalue weighted by Gasteiger charge is -2.28. The van der Waals surface area contributed by atoms with Crippen molar-refractivity contribution >= 4 is 17.7 Å². The molecular formula is C10H21NO3S. The number of thioether (sulfide) groups is 1. The molecule has 0 fully saturated rings. The van der Waals surface area contributed by atoms with Crippen LogP contribution in [0.15, 0.2) is 0 Å². The molecule has 0 aliphatic carbocycles. The molecule has 4 nitrogen and oxygen atoms in total. The van der Waals surface area contributed by atoms with Gasteiger partial charge in [0.25, 0.3) is 0 Å². The summed E-state index contributed by atoms with van der Waals surface area (Å²) < 4.78 is -0.0590. The molecule has 5 heteroatoms. The van der Waals surface area contributed by atoms with Crippen LogP contribution in [0.1, 0.15) is 33.1 Å². The summed E-state index contributed by atoms with van der Waals surface area (Å²) in [5.74, 6) is -0.573. The van der Waals surface area contributed by atoms with Gasteiger partial charge in [-0.05, 0) is 12.8 Å². The molecule has 0 aromatic rings. The number of hydrogen-bond donors (Lipinski definition) is 3. The van der Waals surface area contributed by atoms with E-state index in [1.54, 1.807) is 11.8 Å². The van der Waals surface area contributed by atoms with Gasteiger partial charge in [-0.1, -0.05) is 20.3 Å². The molecule has 0 aliphatic rings. The average Bonchev–Trinajstić information content (AvgIpc) is 2.15. The van der Waals surface area contributed by atoms with Crippen LogP contribution in [-0.2, 0) is 4.79 Å². The Morgan fingerprint density at radius 1 is 1.53 bits per heavy atom. The summed E-state index contributed by atoms with van der Waals surface area (Å²) in [6, 6.07) is -0.815. The first-order valence-electron chi connectivity index (χ1n) is 5.18. The molecule has 4 N–H and O–H groups in total. The largest absolute Gasteiger partial charge is 0.480 e. The third-order valence-corrected chi connectivity index (χ3v) is 3.98. The molecule has 0 heterocycles. The summed E-state index contributed by atoms with van der Waals surface area (Å²) in [5, 5.41) is 17.6. The van der Waals surface area contributed by atoms with Gasteiger partial charge in [-0.3, -0.25) is 4.79 Å². The third-order valence-electron chi connectivity index (χ3n) is 2.35. The Bertz CT molecular complexity index is 193. The second-order valence-electron chi connectivity index (χ2n) is 3.93.